The Labute approximate surface area is 147 Å². The number of carbonyl (C=O) groups is 1. The summed E-state index contributed by atoms with van der Waals surface area (Å²) >= 11 is 0. The van der Waals surface area contributed by atoms with Crippen LogP contribution in [0.1, 0.15) is 33.6 Å². The van der Waals surface area contributed by atoms with E-state index in [1.165, 1.54) is 0 Å². The van der Waals surface area contributed by atoms with Crippen LogP contribution in [0.5, 0.6) is 0 Å². The summed E-state index contributed by atoms with van der Waals surface area (Å²) in [5, 5.41) is 0.649. The van der Waals surface area contributed by atoms with Crippen molar-refractivity contribution >= 4 is 17.0 Å². The first-order valence-electron chi connectivity index (χ1n) is 8.75. The van der Waals surface area contributed by atoms with Gasteiger partial charge in [0.2, 0.25) is 0 Å². The zero-order chi connectivity index (χ0) is 18.0. The number of ether oxygens (including phenoxy) is 1. The van der Waals surface area contributed by atoms with Gasteiger partial charge >= 0.3 is 6.09 Å². The molecule has 0 N–H and O–H groups in total. The molecule has 1 aliphatic rings. The number of piperidine rings is 1. The number of hydrogen-bond donors (Lipinski definition) is 0. The van der Waals surface area contributed by atoms with Crippen molar-refractivity contribution in [3.05, 3.63) is 40.9 Å². The van der Waals surface area contributed by atoms with E-state index in [1.807, 2.05) is 45.0 Å². The zero-order valence-corrected chi connectivity index (χ0v) is 15.1. The minimum atomic E-state index is -0.474. The highest BCUT2D eigenvalue weighted by Crippen LogP contribution is 2.21. The van der Waals surface area contributed by atoms with Gasteiger partial charge in [0.15, 0.2) is 0 Å². The SMILES string of the molecule is CC(C)(C)OC(=O)N1CCC(Cn2cnc3ccccc3c2=O)CC1. The number of carbonyl (C=O) groups excluding carboxylic acids is 1. The molecule has 0 saturated carbocycles. The van der Waals surface area contributed by atoms with E-state index in [4.69, 9.17) is 4.74 Å². The Morgan fingerprint density at radius 2 is 1.92 bits per heavy atom. The number of likely N-dealkylation sites (tertiary alicyclic amines) is 1. The van der Waals surface area contributed by atoms with E-state index in [9.17, 15) is 9.59 Å². The molecule has 1 amide bonds. The fourth-order valence-electron chi connectivity index (χ4n) is 3.14. The summed E-state index contributed by atoms with van der Waals surface area (Å²) in [5.41, 5.74) is 0.251. The molecule has 1 aliphatic heterocycles. The molecule has 1 saturated heterocycles. The van der Waals surface area contributed by atoms with Gasteiger partial charge in [-0.1, -0.05) is 12.1 Å². The van der Waals surface area contributed by atoms with Crippen LogP contribution in [0.15, 0.2) is 35.4 Å². The monoisotopic (exact) mass is 343 g/mol. The zero-order valence-electron chi connectivity index (χ0n) is 15.1. The van der Waals surface area contributed by atoms with Gasteiger partial charge in [-0.3, -0.25) is 9.36 Å². The average Bonchev–Trinajstić information content (AvgIpc) is 2.57. The number of nitrogens with zero attached hydrogens (tertiary/aromatic N) is 3. The maximum atomic E-state index is 12.6. The molecule has 1 aromatic carbocycles. The summed E-state index contributed by atoms with van der Waals surface area (Å²) < 4.78 is 7.11. The van der Waals surface area contributed by atoms with Crippen LogP contribution in [0.25, 0.3) is 10.9 Å². The highest BCUT2D eigenvalue weighted by molar-refractivity contribution is 5.76. The number of benzene rings is 1. The second-order valence-electron chi connectivity index (χ2n) is 7.63. The van der Waals surface area contributed by atoms with Gasteiger partial charge in [0.25, 0.3) is 5.56 Å². The summed E-state index contributed by atoms with van der Waals surface area (Å²) in [6.45, 7) is 7.58. The third-order valence-electron chi connectivity index (χ3n) is 4.45. The predicted molar refractivity (Wildman–Crippen MR) is 96.5 cm³/mol. The molecule has 0 unspecified atom stereocenters. The lowest BCUT2D eigenvalue weighted by Gasteiger charge is -2.33. The Balaban J connectivity index is 1.62. The van der Waals surface area contributed by atoms with Crippen LogP contribution in [0.2, 0.25) is 0 Å². The van der Waals surface area contributed by atoms with E-state index >= 15 is 0 Å². The van der Waals surface area contributed by atoms with Crippen molar-refractivity contribution in [2.75, 3.05) is 13.1 Å². The lowest BCUT2D eigenvalue weighted by atomic mass is 9.97. The Morgan fingerprint density at radius 1 is 1.24 bits per heavy atom. The number of rotatable bonds is 2. The van der Waals surface area contributed by atoms with Crippen LogP contribution >= 0.6 is 0 Å². The van der Waals surface area contributed by atoms with E-state index in [2.05, 4.69) is 4.98 Å². The first kappa shape index (κ1) is 17.5. The molecule has 134 valence electrons. The van der Waals surface area contributed by atoms with Gasteiger partial charge in [0.05, 0.1) is 17.2 Å². The van der Waals surface area contributed by atoms with Crippen molar-refractivity contribution in [1.29, 1.82) is 0 Å². The van der Waals surface area contributed by atoms with E-state index in [0.717, 1.165) is 18.4 Å². The lowest BCUT2D eigenvalue weighted by molar-refractivity contribution is 0.0178. The van der Waals surface area contributed by atoms with E-state index < -0.39 is 5.60 Å². The van der Waals surface area contributed by atoms with Gasteiger partial charge in [-0.25, -0.2) is 9.78 Å². The molecule has 6 nitrogen and oxygen atoms in total. The van der Waals surface area contributed by atoms with Crippen molar-refractivity contribution in [3.63, 3.8) is 0 Å². The fourth-order valence-corrected chi connectivity index (χ4v) is 3.14. The van der Waals surface area contributed by atoms with Gasteiger partial charge in [-0.05, 0) is 51.7 Å². The molecular formula is C19H25N3O3. The number of hydrogen-bond acceptors (Lipinski definition) is 4. The van der Waals surface area contributed by atoms with Crippen molar-refractivity contribution in [2.45, 2.75) is 45.8 Å². The van der Waals surface area contributed by atoms with E-state index in [-0.39, 0.29) is 11.7 Å². The molecule has 2 aromatic rings. The lowest BCUT2D eigenvalue weighted by Crippen LogP contribution is -2.42. The molecule has 2 heterocycles. The summed E-state index contributed by atoms with van der Waals surface area (Å²) in [4.78, 5) is 30.8. The summed E-state index contributed by atoms with van der Waals surface area (Å²) in [7, 11) is 0. The normalized spacial score (nSPS) is 16.2. The van der Waals surface area contributed by atoms with Crippen LogP contribution < -0.4 is 5.56 Å². The number of amides is 1. The molecular weight excluding hydrogens is 318 g/mol. The molecule has 3 rings (SSSR count). The molecule has 1 fully saturated rings. The average molecular weight is 343 g/mol. The van der Waals surface area contributed by atoms with Gasteiger partial charge in [-0.15, -0.1) is 0 Å². The predicted octanol–water partition coefficient (Wildman–Crippen LogP) is 3.04. The Hall–Kier alpha value is -2.37. The van der Waals surface area contributed by atoms with Crippen LogP contribution in [0, 0.1) is 5.92 Å². The molecule has 0 radical (unpaired) electrons. The molecule has 6 heteroatoms. The van der Waals surface area contributed by atoms with Gasteiger partial charge in [0.1, 0.15) is 5.60 Å². The summed E-state index contributed by atoms with van der Waals surface area (Å²) in [6, 6.07) is 7.40. The Kier molecular flexibility index (Phi) is 4.79. The quantitative estimate of drug-likeness (QED) is 0.841. The second-order valence-corrected chi connectivity index (χ2v) is 7.63. The first-order chi connectivity index (χ1) is 11.8. The van der Waals surface area contributed by atoms with Crippen LogP contribution in [0.4, 0.5) is 4.79 Å². The largest absolute Gasteiger partial charge is 0.444 e. The third kappa shape index (κ3) is 4.18. The molecule has 0 bridgehead atoms. The highest BCUT2D eigenvalue weighted by atomic mass is 16.6. The Bertz CT molecular complexity index is 815. The summed E-state index contributed by atoms with van der Waals surface area (Å²) in [5.74, 6) is 0.361. The highest BCUT2D eigenvalue weighted by Gasteiger charge is 2.27. The third-order valence-corrected chi connectivity index (χ3v) is 4.45. The van der Waals surface area contributed by atoms with E-state index in [0.29, 0.717) is 30.9 Å². The molecule has 1 aromatic heterocycles. The maximum Gasteiger partial charge on any atom is 0.410 e. The van der Waals surface area contributed by atoms with Crippen molar-refractivity contribution < 1.29 is 9.53 Å². The van der Waals surface area contributed by atoms with Gasteiger partial charge in [0, 0.05) is 19.6 Å². The van der Waals surface area contributed by atoms with E-state index in [1.54, 1.807) is 15.8 Å². The van der Waals surface area contributed by atoms with Crippen molar-refractivity contribution in [2.24, 2.45) is 5.92 Å². The molecule has 0 atom stereocenters. The minimum absolute atomic E-state index is 0.000159. The minimum Gasteiger partial charge on any atom is -0.444 e. The fraction of sp³-hybridized carbons (Fsp3) is 0.526. The summed E-state index contributed by atoms with van der Waals surface area (Å²) in [6.07, 6.45) is 3.09. The first-order valence-corrected chi connectivity index (χ1v) is 8.75. The van der Waals surface area contributed by atoms with Crippen LogP contribution in [-0.4, -0.2) is 39.2 Å². The topological polar surface area (TPSA) is 64.4 Å². The standard InChI is InChI=1S/C19H25N3O3/c1-19(2,3)25-18(24)21-10-8-14(9-11-21)12-22-13-20-16-7-5-4-6-15(16)17(22)23/h4-7,13-14H,8-12H2,1-3H3. The smallest absolute Gasteiger partial charge is 0.410 e. The van der Waals surface area contributed by atoms with Gasteiger partial charge < -0.3 is 9.64 Å². The van der Waals surface area contributed by atoms with Crippen molar-refractivity contribution in [1.82, 2.24) is 14.5 Å². The second kappa shape index (κ2) is 6.86. The van der Waals surface area contributed by atoms with Crippen molar-refractivity contribution in [3.8, 4) is 0 Å². The number of para-hydroxylation sites is 1. The van der Waals surface area contributed by atoms with Gasteiger partial charge in [-0.2, -0.15) is 0 Å². The maximum absolute atomic E-state index is 12.6. The van der Waals surface area contributed by atoms with Crippen LogP contribution in [0.3, 0.4) is 0 Å². The molecule has 0 spiro atoms. The number of aromatic nitrogens is 2. The molecule has 0 aliphatic carbocycles. The number of fused-ring (bicyclic) bond motifs is 1. The molecule has 25 heavy (non-hydrogen) atoms. The Morgan fingerprint density at radius 3 is 2.60 bits per heavy atom. The van der Waals surface area contributed by atoms with Crippen LogP contribution in [-0.2, 0) is 11.3 Å².